The first-order chi connectivity index (χ1) is 7.54. The normalized spacial score (nSPS) is 21.5. The lowest BCUT2D eigenvalue weighted by Crippen LogP contribution is -2.31. The first-order valence-corrected chi connectivity index (χ1v) is 5.87. The number of benzene rings is 1. The summed E-state index contributed by atoms with van der Waals surface area (Å²) in [7, 11) is 0. The molecule has 16 heavy (non-hydrogen) atoms. The Kier molecular flexibility index (Phi) is 2.97. The molecule has 0 bridgehead atoms. The Morgan fingerprint density at radius 1 is 1.56 bits per heavy atom. The Balaban J connectivity index is 2.36. The maximum atomic E-state index is 6.05. The minimum absolute atomic E-state index is 0.198. The molecule has 1 aliphatic rings. The van der Waals surface area contributed by atoms with Crippen molar-refractivity contribution in [2.24, 2.45) is 5.41 Å². The Bertz CT molecular complexity index is 443. The van der Waals surface area contributed by atoms with Crippen LogP contribution in [-0.2, 0) is 6.42 Å². The van der Waals surface area contributed by atoms with E-state index >= 15 is 0 Å². The topological polar surface area (TPSA) is 12.0 Å². The van der Waals surface area contributed by atoms with Gasteiger partial charge in [-0.25, -0.2) is 0 Å². The first kappa shape index (κ1) is 11.5. The number of nitrogens with one attached hydrogen (secondary N) is 1. The third-order valence-electron chi connectivity index (χ3n) is 3.25. The van der Waals surface area contributed by atoms with E-state index in [-0.39, 0.29) is 5.41 Å². The average Bonchev–Trinajstić information content (AvgIpc) is 2.45. The Hall–Kier alpha value is -0.970. The van der Waals surface area contributed by atoms with Crippen LogP contribution in [0.2, 0.25) is 5.02 Å². The molecular weight excluding hydrogens is 218 g/mol. The van der Waals surface area contributed by atoms with Gasteiger partial charge in [-0.3, -0.25) is 5.32 Å². The third kappa shape index (κ3) is 1.96. The zero-order valence-electron chi connectivity index (χ0n) is 9.68. The fourth-order valence-electron chi connectivity index (χ4n) is 2.56. The number of fused-ring (bicyclic) bond motifs is 1. The molecule has 0 fully saturated rings. The van der Waals surface area contributed by atoms with Crippen LogP contribution in [0.1, 0.15) is 31.0 Å². The van der Waals surface area contributed by atoms with Crippen molar-refractivity contribution in [3.63, 3.8) is 0 Å². The lowest BCUT2D eigenvalue weighted by Gasteiger charge is -2.28. The van der Waals surface area contributed by atoms with Crippen molar-refractivity contribution in [3.05, 3.63) is 34.3 Å². The minimum atomic E-state index is 0.198. The van der Waals surface area contributed by atoms with Crippen LogP contribution in [0.3, 0.4) is 0 Å². The summed E-state index contributed by atoms with van der Waals surface area (Å²) in [6.45, 7) is 5.12. The van der Waals surface area contributed by atoms with E-state index in [0.29, 0.717) is 12.6 Å². The summed E-state index contributed by atoms with van der Waals surface area (Å²) < 4.78 is 0. The van der Waals surface area contributed by atoms with E-state index in [2.05, 4.69) is 37.2 Å². The highest BCUT2D eigenvalue weighted by atomic mass is 35.5. The van der Waals surface area contributed by atoms with Gasteiger partial charge in [0.2, 0.25) is 0 Å². The second-order valence-corrected chi connectivity index (χ2v) is 5.46. The molecule has 1 nitrogen and oxygen atoms in total. The molecule has 0 heterocycles. The predicted octanol–water partition coefficient (Wildman–Crippen LogP) is 3.19. The van der Waals surface area contributed by atoms with Gasteiger partial charge < -0.3 is 0 Å². The van der Waals surface area contributed by atoms with Gasteiger partial charge in [-0.15, -0.1) is 6.42 Å². The average molecular weight is 234 g/mol. The minimum Gasteiger partial charge on any atom is -0.299 e. The van der Waals surface area contributed by atoms with E-state index in [4.69, 9.17) is 18.0 Å². The Labute approximate surface area is 102 Å². The Morgan fingerprint density at radius 2 is 2.31 bits per heavy atom. The molecule has 2 rings (SSSR count). The third-order valence-corrected chi connectivity index (χ3v) is 3.49. The maximum absolute atomic E-state index is 6.05. The molecule has 0 aromatic heterocycles. The molecule has 1 aromatic rings. The standard InChI is InChI=1S/C14H16ClN/c1-4-7-16-13-12-8-11(15)6-5-10(12)9-14(13,2)3/h1,5-6,8,13,16H,7,9H2,2-3H3. The summed E-state index contributed by atoms with van der Waals surface area (Å²) in [5.41, 5.74) is 2.88. The molecule has 0 amide bonds. The molecule has 1 atom stereocenters. The fraction of sp³-hybridized carbons (Fsp3) is 0.429. The molecule has 1 unspecified atom stereocenters. The van der Waals surface area contributed by atoms with Crippen LogP contribution >= 0.6 is 11.6 Å². The molecule has 0 radical (unpaired) electrons. The number of terminal acetylenes is 1. The van der Waals surface area contributed by atoms with Gasteiger partial charge in [0.05, 0.1) is 6.54 Å². The summed E-state index contributed by atoms with van der Waals surface area (Å²) in [4.78, 5) is 0. The van der Waals surface area contributed by atoms with Gasteiger partial charge in [0.25, 0.3) is 0 Å². The first-order valence-electron chi connectivity index (χ1n) is 5.50. The molecule has 0 saturated carbocycles. The molecule has 1 aliphatic carbocycles. The summed E-state index contributed by atoms with van der Waals surface area (Å²) in [5.74, 6) is 2.63. The van der Waals surface area contributed by atoms with E-state index in [9.17, 15) is 0 Å². The predicted molar refractivity (Wildman–Crippen MR) is 68.5 cm³/mol. The fourth-order valence-corrected chi connectivity index (χ4v) is 2.74. The highest BCUT2D eigenvalue weighted by Crippen LogP contribution is 2.45. The van der Waals surface area contributed by atoms with Crippen LogP contribution in [0.4, 0.5) is 0 Å². The van der Waals surface area contributed by atoms with Crippen molar-refractivity contribution in [1.29, 1.82) is 0 Å². The highest BCUT2D eigenvalue weighted by molar-refractivity contribution is 6.30. The number of hydrogen-bond acceptors (Lipinski definition) is 1. The molecule has 1 N–H and O–H groups in total. The van der Waals surface area contributed by atoms with Crippen molar-refractivity contribution >= 4 is 11.6 Å². The maximum Gasteiger partial charge on any atom is 0.0578 e. The second kappa shape index (κ2) is 4.13. The summed E-state index contributed by atoms with van der Waals surface area (Å²) >= 11 is 6.05. The molecule has 0 spiro atoms. The SMILES string of the molecule is C#CCNC1c2cc(Cl)ccc2CC1(C)C. The van der Waals surface area contributed by atoms with Gasteiger partial charge in [0.15, 0.2) is 0 Å². The smallest absolute Gasteiger partial charge is 0.0578 e. The van der Waals surface area contributed by atoms with Gasteiger partial charge in [-0.1, -0.05) is 37.4 Å². The van der Waals surface area contributed by atoms with Crippen molar-refractivity contribution < 1.29 is 0 Å². The highest BCUT2D eigenvalue weighted by Gasteiger charge is 2.38. The van der Waals surface area contributed by atoms with Crippen LogP contribution in [0.5, 0.6) is 0 Å². The van der Waals surface area contributed by atoms with E-state index < -0.39 is 0 Å². The van der Waals surface area contributed by atoms with E-state index in [1.807, 2.05) is 6.07 Å². The number of halogens is 1. The zero-order chi connectivity index (χ0) is 11.8. The van der Waals surface area contributed by atoms with Crippen molar-refractivity contribution in [1.82, 2.24) is 5.32 Å². The number of rotatable bonds is 2. The largest absolute Gasteiger partial charge is 0.299 e. The van der Waals surface area contributed by atoms with Crippen LogP contribution in [0.25, 0.3) is 0 Å². The van der Waals surface area contributed by atoms with Crippen molar-refractivity contribution in [3.8, 4) is 12.3 Å². The monoisotopic (exact) mass is 233 g/mol. The summed E-state index contributed by atoms with van der Waals surface area (Å²) in [5, 5.41) is 4.21. The van der Waals surface area contributed by atoms with E-state index in [0.717, 1.165) is 11.4 Å². The van der Waals surface area contributed by atoms with Crippen molar-refractivity contribution in [2.75, 3.05) is 6.54 Å². The lowest BCUT2D eigenvalue weighted by atomic mass is 9.85. The summed E-state index contributed by atoms with van der Waals surface area (Å²) in [6.07, 6.45) is 6.38. The van der Waals surface area contributed by atoms with Gasteiger partial charge in [0, 0.05) is 11.1 Å². The van der Waals surface area contributed by atoms with Gasteiger partial charge in [-0.05, 0) is 35.1 Å². The van der Waals surface area contributed by atoms with Crippen LogP contribution in [-0.4, -0.2) is 6.54 Å². The lowest BCUT2D eigenvalue weighted by molar-refractivity contribution is 0.277. The molecule has 2 heteroatoms. The second-order valence-electron chi connectivity index (χ2n) is 5.03. The number of hydrogen-bond donors (Lipinski definition) is 1. The van der Waals surface area contributed by atoms with Crippen LogP contribution in [0.15, 0.2) is 18.2 Å². The van der Waals surface area contributed by atoms with Crippen molar-refractivity contribution in [2.45, 2.75) is 26.3 Å². The molecule has 84 valence electrons. The Morgan fingerprint density at radius 3 is 3.00 bits per heavy atom. The quantitative estimate of drug-likeness (QED) is 0.774. The van der Waals surface area contributed by atoms with Gasteiger partial charge in [0.1, 0.15) is 0 Å². The van der Waals surface area contributed by atoms with Gasteiger partial charge in [-0.2, -0.15) is 0 Å². The van der Waals surface area contributed by atoms with Crippen LogP contribution < -0.4 is 5.32 Å². The molecule has 1 aromatic carbocycles. The molecule has 0 saturated heterocycles. The van der Waals surface area contributed by atoms with Crippen LogP contribution in [0, 0.1) is 17.8 Å². The van der Waals surface area contributed by atoms with E-state index in [1.165, 1.54) is 11.1 Å². The molecule has 0 aliphatic heterocycles. The van der Waals surface area contributed by atoms with Gasteiger partial charge >= 0.3 is 0 Å². The van der Waals surface area contributed by atoms with E-state index in [1.54, 1.807) is 0 Å². The summed E-state index contributed by atoms with van der Waals surface area (Å²) in [6, 6.07) is 6.44. The zero-order valence-corrected chi connectivity index (χ0v) is 10.4. The molecular formula is C14H16ClN.